The van der Waals surface area contributed by atoms with Crippen molar-refractivity contribution in [1.29, 1.82) is 0 Å². The first-order valence-electron chi connectivity index (χ1n) is 6.80. The number of Topliss-reactive ketones (excluding diaryl/α,β-unsaturated/α-hetero) is 1. The number of phenolic OH excluding ortho intramolecular Hbond substituents is 1. The number of carbonyl (C=O) groups is 2. The molecule has 0 saturated heterocycles. The maximum Gasteiger partial charge on any atom is 0.268 e. The first-order valence-corrected chi connectivity index (χ1v) is 7.68. The van der Waals surface area contributed by atoms with Gasteiger partial charge in [-0.05, 0) is 37.5 Å². The highest BCUT2D eigenvalue weighted by Crippen LogP contribution is 2.36. The van der Waals surface area contributed by atoms with Crippen LogP contribution in [0.5, 0.6) is 5.75 Å². The number of benzene rings is 1. The van der Waals surface area contributed by atoms with Crippen LogP contribution < -0.4 is 4.90 Å². The average Bonchev–Trinajstić information content (AvgIpc) is 2.96. The fraction of sp³-hybridized carbons (Fsp3) is 0.250. The van der Waals surface area contributed by atoms with Crippen molar-refractivity contribution < 1.29 is 14.7 Å². The molecule has 0 saturated carbocycles. The highest BCUT2D eigenvalue weighted by Gasteiger charge is 2.27. The highest BCUT2D eigenvalue weighted by molar-refractivity contribution is 7.12. The van der Waals surface area contributed by atoms with Crippen molar-refractivity contribution in [2.45, 2.75) is 19.8 Å². The third-order valence-electron chi connectivity index (χ3n) is 3.66. The van der Waals surface area contributed by atoms with Gasteiger partial charge in [-0.3, -0.25) is 9.59 Å². The van der Waals surface area contributed by atoms with Gasteiger partial charge in [0.1, 0.15) is 5.75 Å². The number of hydrogen-bond donors (Lipinski definition) is 1. The minimum absolute atomic E-state index is 0.0489. The van der Waals surface area contributed by atoms with E-state index in [1.54, 1.807) is 28.5 Å². The fourth-order valence-corrected chi connectivity index (χ4v) is 3.49. The summed E-state index contributed by atoms with van der Waals surface area (Å²) in [4.78, 5) is 26.2. The number of para-hydroxylation sites is 1. The van der Waals surface area contributed by atoms with Crippen LogP contribution in [0.2, 0.25) is 0 Å². The van der Waals surface area contributed by atoms with Crippen molar-refractivity contribution in [1.82, 2.24) is 0 Å². The van der Waals surface area contributed by atoms with Gasteiger partial charge in [-0.15, -0.1) is 11.3 Å². The summed E-state index contributed by atoms with van der Waals surface area (Å²) >= 11 is 1.27. The minimum atomic E-state index is -0.157. The fourth-order valence-electron chi connectivity index (χ4n) is 2.60. The zero-order valence-electron chi connectivity index (χ0n) is 11.6. The molecule has 0 aliphatic carbocycles. The van der Waals surface area contributed by atoms with E-state index >= 15 is 0 Å². The predicted molar refractivity (Wildman–Crippen MR) is 82.4 cm³/mol. The summed E-state index contributed by atoms with van der Waals surface area (Å²) in [7, 11) is 0. The van der Waals surface area contributed by atoms with Gasteiger partial charge in [-0.25, -0.2) is 0 Å². The number of nitrogens with zero attached hydrogens (tertiary/aromatic N) is 1. The predicted octanol–water partition coefficient (Wildman–Crippen LogP) is 3.25. The highest BCUT2D eigenvalue weighted by atomic mass is 32.1. The standard InChI is InChI=1S/C16H15NO3S/c1-10(18)12-8-14(21-9-12)16(20)17-7-3-5-11-4-2-6-13(19)15(11)17/h2,4,6,8-9,19H,3,5,7H2,1H3. The Hall–Kier alpha value is -2.14. The molecular formula is C16H15NO3S. The van der Waals surface area contributed by atoms with Crippen LogP contribution in [-0.4, -0.2) is 23.3 Å². The van der Waals surface area contributed by atoms with Gasteiger partial charge in [0, 0.05) is 17.5 Å². The number of phenols is 1. The van der Waals surface area contributed by atoms with Gasteiger partial charge >= 0.3 is 0 Å². The lowest BCUT2D eigenvalue weighted by Gasteiger charge is -2.29. The van der Waals surface area contributed by atoms with E-state index in [1.165, 1.54) is 18.3 Å². The van der Waals surface area contributed by atoms with Crippen molar-refractivity contribution in [3.63, 3.8) is 0 Å². The van der Waals surface area contributed by atoms with Gasteiger partial charge in [0.05, 0.1) is 10.6 Å². The van der Waals surface area contributed by atoms with Crippen LogP contribution in [-0.2, 0) is 6.42 Å². The number of anilines is 1. The molecule has 0 atom stereocenters. The smallest absolute Gasteiger partial charge is 0.268 e. The molecule has 5 heteroatoms. The van der Waals surface area contributed by atoms with Gasteiger partial charge in [0.15, 0.2) is 5.78 Å². The van der Waals surface area contributed by atoms with Crippen LogP contribution in [0.3, 0.4) is 0 Å². The van der Waals surface area contributed by atoms with Gasteiger partial charge < -0.3 is 10.0 Å². The Morgan fingerprint density at radius 3 is 2.86 bits per heavy atom. The minimum Gasteiger partial charge on any atom is -0.506 e. The van der Waals surface area contributed by atoms with Crippen LogP contribution in [0.1, 0.15) is 38.9 Å². The van der Waals surface area contributed by atoms with E-state index in [0.717, 1.165) is 18.4 Å². The van der Waals surface area contributed by atoms with Gasteiger partial charge in [-0.1, -0.05) is 12.1 Å². The summed E-state index contributed by atoms with van der Waals surface area (Å²) in [5, 5.41) is 11.8. The molecule has 1 aromatic carbocycles. The first-order chi connectivity index (χ1) is 10.1. The summed E-state index contributed by atoms with van der Waals surface area (Å²) in [6.07, 6.45) is 1.73. The number of aryl methyl sites for hydroxylation is 1. The van der Waals surface area contributed by atoms with Gasteiger partial charge in [-0.2, -0.15) is 0 Å². The van der Waals surface area contributed by atoms with Crippen LogP contribution in [0, 0.1) is 0 Å². The Morgan fingerprint density at radius 2 is 2.14 bits per heavy atom. The zero-order valence-corrected chi connectivity index (χ0v) is 12.4. The number of ketones is 1. The molecular weight excluding hydrogens is 286 g/mol. The molecule has 0 unspecified atom stereocenters. The Morgan fingerprint density at radius 1 is 1.33 bits per heavy atom. The molecule has 4 nitrogen and oxygen atoms in total. The maximum absolute atomic E-state index is 12.7. The molecule has 3 rings (SSSR count). The van der Waals surface area contributed by atoms with Crippen LogP contribution in [0.4, 0.5) is 5.69 Å². The molecule has 2 heterocycles. The lowest BCUT2D eigenvalue weighted by atomic mass is 10.0. The lowest BCUT2D eigenvalue weighted by Crippen LogP contribution is -2.35. The normalized spacial score (nSPS) is 13.9. The number of thiophene rings is 1. The first kappa shape index (κ1) is 13.8. The van der Waals surface area contributed by atoms with E-state index in [-0.39, 0.29) is 17.4 Å². The van der Waals surface area contributed by atoms with Crippen LogP contribution >= 0.6 is 11.3 Å². The maximum atomic E-state index is 12.7. The van der Waals surface area contributed by atoms with E-state index in [4.69, 9.17) is 0 Å². The third kappa shape index (κ3) is 2.45. The Balaban J connectivity index is 1.98. The molecule has 0 spiro atoms. The number of fused-ring (bicyclic) bond motifs is 1. The van der Waals surface area contributed by atoms with Gasteiger partial charge in [0.25, 0.3) is 5.91 Å². The SMILES string of the molecule is CC(=O)c1csc(C(=O)N2CCCc3cccc(O)c32)c1. The second kappa shape index (κ2) is 5.33. The number of carbonyl (C=O) groups excluding carboxylic acids is 2. The second-order valence-electron chi connectivity index (χ2n) is 5.10. The number of rotatable bonds is 2. The molecule has 1 aromatic heterocycles. The molecule has 0 fully saturated rings. The summed E-state index contributed by atoms with van der Waals surface area (Å²) in [5.74, 6) is -0.0777. The Bertz CT molecular complexity index is 720. The molecule has 21 heavy (non-hydrogen) atoms. The Labute approximate surface area is 126 Å². The topological polar surface area (TPSA) is 57.6 Å². The summed E-state index contributed by atoms with van der Waals surface area (Å²) < 4.78 is 0. The van der Waals surface area contributed by atoms with E-state index in [0.29, 0.717) is 22.7 Å². The van der Waals surface area contributed by atoms with Crippen molar-refractivity contribution in [2.75, 3.05) is 11.4 Å². The molecule has 1 aliphatic heterocycles. The van der Waals surface area contributed by atoms with Crippen LogP contribution in [0.15, 0.2) is 29.6 Å². The Kier molecular flexibility index (Phi) is 3.51. The third-order valence-corrected chi connectivity index (χ3v) is 4.58. The quantitative estimate of drug-likeness (QED) is 0.866. The van der Waals surface area contributed by atoms with Crippen molar-refractivity contribution in [3.05, 3.63) is 45.6 Å². The largest absolute Gasteiger partial charge is 0.506 e. The zero-order chi connectivity index (χ0) is 15.0. The second-order valence-corrected chi connectivity index (χ2v) is 6.01. The van der Waals surface area contributed by atoms with Crippen molar-refractivity contribution >= 4 is 28.7 Å². The summed E-state index contributed by atoms with van der Waals surface area (Å²) in [5.41, 5.74) is 2.14. The molecule has 0 radical (unpaired) electrons. The number of hydrogen-bond acceptors (Lipinski definition) is 4. The lowest BCUT2D eigenvalue weighted by molar-refractivity contribution is 0.0988. The molecule has 0 bridgehead atoms. The van der Waals surface area contributed by atoms with E-state index < -0.39 is 0 Å². The van der Waals surface area contributed by atoms with Crippen molar-refractivity contribution in [2.24, 2.45) is 0 Å². The number of aromatic hydroxyl groups is 1. The molecule has 1 amide bonds. The summed E-state index contributed by atoms with van der Waals surface area (Å²) in [6.45, 7) is 2.06. The van der Waals surface area contributed by atoms with E-state index in [1.807, 2.05) is 6.07 Å². The molecule has 108 valence electrons. The average molecular weight is 301 g/mol. The molecule has 1 aliphatic rings. The van der Waals surface area contributed by atoms with Gasteiger partial charge in [0.2, 0.25) is 0 Å². The van der Waals surface area contributed by atoms with Crippen molar-refractivity contribution in [3.8, 4) is 5.75 Å². The monoisotopic (exact) mass is 301 g/mol. The molecule has 2 aromatic rings. The molecule has 1 N–H and O–H groups in total. The van der Waals surface area contributed by atoms with E-state index in [2.05, 4.69) is 0 Å². The summed E-state index contributed by atoms with van der Waals surface area (Å²) in [6, 6.07) is 6.95. The number of amides is 1. The van der Waals surface area contributed by atoms with Crippen LogP contribution in [0.25, 0.3) is 0 Å². The van der Waals surface area contributed by atoms with E-state index in [9.17, 15) is 14.7 Å².